The molecule has 0 aromatic heterocycles. The zero-order valence-corrected chi connectivity index (χ0v) is 14.0. The maximum Gasteiger partial charge on any atom is 0.137 e. The Bertz CT molecular complexity index is 468. The normalized spacial score (nSPS) is 29.1. The van der Waals surface area contributed by atoms with E-state index in [4.69, 9.17) is 4.74 Å². The maximum atomic E-state index is 13.2. The largest absolute Gasteiger partial charge is 0.490 e. The first-order chi connectivity index (χ1) is 9.51. The number of nitrogens with one attached hydrogen (secondary N) is 1. The van der Waals surface area contributed by atoms with Crippen molar-refractivity contribution < 1.29 is 9.13 Å². The highest BCUT2D eigenvalue weighted by atomic mass is 79.9. The van der Waals surface area contributed by atoms with Gasteiger partial charge in [0.05, 0.1) is 4.47 Å². The zero-order chi connectivity index (χ0) is 14.8. The van der Waals surface area contributed by atoms with Crippen LogP contribution in [0.15, 0.2) is 22.7 Å². The fourth-order valence-electron chi connectivity index (χ4n) is 2.82. The summed E-state index contributed by atoms with van der Waals surface area (Å²) in [6.45, 7) is 7.71. The monoisotopic (exact) mass is 343 g/mol. The molecule has 1 aliphatic rings. The fraction of sp³-hybridized carbons (Fsp3) is 0.625. The third-order valence-corrected chi connectivity index (χ3v) is 5.16. The van der Waals surface area contributed by atoms with Gasteiger partial charge in [-0.05, 0) is 53.5 Å². The second-order valence-corrected chi connectivity index (χ2v) is 6.64. The van der Waals surface area contributed by atoms with Gasteiger partial charge in [0, 0.05) is 17.9 Å². The van der Waals surface area contributed by atoms with Crippen LogP contribution in [0.25, 0.3) is 0 Å². The molecular weight excluding hydrogens is 321 g/mol. The third-order valence-electron chi connectivity index (χ3n) is 4.55. The van der Waals surface area contributed by atoms with Crippen molar-refractivity contribution >= 4 is 15.9 Å². The van der Waals surface area contributed by atoms with Crippen LogP contribution in [-0.2, 0) is 0 Å². The summed E-state index contributed by atoms with van der Waals surface area (Å²) in [5.74, 6) is 0.476. The van der Waals surface area contributed by atoms with E-state index in [1.807, 2.05) is 0 Å². The van der Waals surface area contributed by atoms with E-state index < -0.39 is 0 Å². The van der Waals surface area contributed by atoms with Crippen molar-refractivity contribution in [3.63, 3.8) is 0 Å². The molecule has 1 aromatic rings. The van der Waals surface area contributed by atoms with E-state index in [2.05, 4.69) is 42.0 Å². The topological polar surface area (TPSA) is 21.3 Å². The lowest BCUT2D eigenvalue weighted by Gasteiger charge is -2.53. The molecule has 112 valence electrons. The minimum Gasteiger partial charge on any atom is -0.490 e. The zero-order valence-electron chi connectivity index (χ0n) is 12.4. The van der Waals surface area contributed by atoms with E-state index in [-0.39, 0.29) is 17.3 Å². The summed E-state index contributed by atoms with van der Waals surface area (Å²) in [6.07, 6.45) is 3.42. The molecule has 2 rings (SSSR count). The summed E-state index contributed by atoms with van der Waals surface area (Å²) in [6, 6.07) is 5.36. The molecule has 1 saturated carbocycles. The lowest BCUT2D eigenvalue weighted by atomic mass is 9.61. The van der Waals surface area contributed by atoms with Crippen molar-refractivity contribution in [2.45, 2.75) is 52.2 Å². The van der Waals surface area contributed by atoms with Crippen molar-refractivity contribution in [3.8, 4) is 5.75 Å². The summed E-state index contributed by atoms with van der Waals surface area (Å²) < 4.78 is 19.8. The van der Waals surface area contributed by atoms with Crippen LogP contribution in [0.1, 0.15) is 40.0 Å². The SMILES string of the molecule is CCCNC1CC(Oc2ccc(F)c(Br)c2)C1(C)CC. The van der Waals surface area contributed by atoms with Crippen molar-refractivity contribution in [1.82, 2.24) is 5.32 Å². The molecule has 1 aliphatic carbocycles. The van der Waals surface area contributed by atoms with Crippen LogP contribution in [0.5, 0.6) is 5.75 Å². The molecule has 0 spiro atoms. The van der Waals surface area contributed by atoms with Gasteiger partial charge in [0.1, 0.15) is 17.7 Å². The summed E-state index contributed by atoms with van der Waals surface area (Å²) in [4.78, 5) is 0. The smallest absolute Gasteiger partial charge is 0.137 e. The Morgan fingerprint density at radius 2 is 2.20 bits per heavy atom. The van der Waals surface area contributed by atoms with Crippen molar-refractivity contribution in [3.05, 3.63) is 28.5 Å². The predicted octanol–water partition coefficient (Wildman–Crippen LogP) is 4.52. The summed E-state index contributed by atoms with van der Waals surface area (Å²) >= 11 is 3.20. The average Bonchev–Trinajstić information content (AvgIpc) is 2.44. The average molecular weight is 344 g/mol. The number of halogens is 2. The Morgan fingerprint density at radius 1 is 1.45 bits per heavy atom. The number of hydrogen-bond acceptors (Lipinski definition) is 2. The maximum absolute atomic E-state index is 13.2. The predicted molar refractivity (Wildman–Crippen MR) is 83.6 cm³/mol. The van der Waals surface area contributed by atoms with E-state index in [0.717, 1.165) is 31.6 Å². The molecule has 3 unspecified atom stereocenters. The van der Waals surface area contributed by atoms with Gasteiger partial charge in [0.15, 0.2) is 0 Å². The van der Waals surface area contributed by atoms with E-state index in [1.165, 1.54) is 6.07 Å². The second kappa shape index (κ2) is 6.44. The Labute approximate surface area is 129 Å². The van der Waals surface area contributed by atoms with E-state index in [0.29, 0.717) is 10.5 Å². The first-order valence-corrected chi connectivity index (χ1v) is 8.15. The van der Waals surface area contributed by atoms with Crippen LogP contribution >= 0.6 is 15.9 Å². The van der Waals surface area contributed by atoms with Crippen LogP contribution in [0.2, 0.25) is 0 Å². The van der Waals surface area contributed by atoms with Gasteiger partial charge in [-0.3, -0.25) is 0 Å². The van der Waals surface area contributed by atoms with Crippen molar-refractivity contribution in [2.24, 2.45) is 5.41 Å². The first kappa shape index (κ1) is 15.8. The molecule has 1 N–H and O–H groups in total. The quantitative estimate of drug-likeness (QED) is 0.819. The molecule has 0 saturated heterocycles. The van der Waals surface area contributed by atoms with E-state index in [1.54, 1.807) is 12.1 Å². The molecule has 1 fully saturated rings. The van der Waals surface area contributed by atoms with Gasteiger partial charge in [-0.25, -0.2) is 4.39 Å². The number of hydrogen-bond donors (Lipinski definition) is 1. The van der Waals surface area contributed by atoms with Gasteiger partial charge < -0.3 is 10.1 Å². The van der Waals surface area contributed by atoms with E-state index in [9.17, 15) is 4.39 Å². The Hall–Kier alpha value is -0.610. The Kier molecular flexibility index (Phi) is 5.08. The number of rotatable bonds is 6. The highest BCUT2D eigenvalue weighted by Crippen LogP contribution is 2.46. The molecule has 0 radical (unpaired) electrons. The highest BCUT2D eigenvalue weighted by molar-refractivity contribution is 9.10. The van der Waals surface area contributed by atoms with Gasteiger partial charge in [0.2, 0.25) is 0 Å². The fourth-order valence-corrected chi connectivity index (χ4v) is 3.18. The molecule has 2 nitrogen and oxygen atoms in total. The van der Waals surface area contributed by atoms with Gasteiger partial charge in [-0.1, -0.05) is 20.8 Å². The molecule has 0 heterocycles. The molecule has 0 aliphatic heterocycles. The van der Waals surface area contributed by atoms with Crippen LogP contribution in [0, 0.1) is 11.2 Å². The summed E-state index contributed by atoms with van der Waals surface area (Å²) in [5.41, 5.74) is 0.149. The molecule has 4 heteroatoms. The molecule has 1 aromatic carbocycles. The van der Waals surface area contributed by atoms with Gasteiger partial charge in [-0.15, -0.1) is 0 Å². The standard InChI is InChI=1S/C16H23BrFNO/c1-4-8-19-14-10-15(16(14,3)5-2)20-11-6-7-13(18)12(17)9-11/h6-7,9,14-15,19H,4-5,8,10H2,1-3H3. The molecule has 0 bridgehead atoms. The Balaban J connectivity index is 2.01. The van der Waals surface area contributed by atoms with Crippen molar-refractivity contribution in [1.29, 1.82) is 0 Å². The van der Waals surface area contributed by atoms with Crippen LogP contribution < -0.4 is 10.1 Å². The van der Waals surface area contributed by atoms with Crippen molar-refractivity contribution in [2.75, 3.05) is 6.54 Å². The summed E-state index contributed by atoms with van der Waals surface area (Å²) in [5, 5.41) is 3.60. The lowest BCUT2D eigenvalue weighted by molar-refractivity contribution is -0.0701. The Morgan fingerprint density at radius 3 is 2.80 bits per heavy atom. The number of ether oxygens (including phenoxy) is 1. The lowest BCUT2D eigenvalue weighted by Crippen LogP contribution is -2.63. The van der Waals surface area contributed by atoms with Crippen LogP contribution in [0.4, 0.5) is 4.39 Å². The molecule has 3 atom stereocenters. The van der Waals surface area contributed by atoms with Gasteiger partial charge >= 0.3 is 0 Å². The van der Waals surface area contributed by atoms with Gasteiger partial charge in [0.25, 0.3) is 0 Å². The van der Waals surface area contributed by atoms with Crippen LogP contribution in [-0.4, -0.2) is 18.7 Å². The minimum atomic E-state index is -0.258. The minimum absolute atomic E-state index is 0.149. The van der Waals surface area contributed by atoms with Gasteiger partial charge in [-0.2, -0.15) is 0 Å². The molecule has 0 amide bonds. The molecule has 20 heavy (non-hydrogen) atoms. The van der Waals surface area contributed by atoms with Crippen LogP contribution in [0.3, 0.4) is 0 Å². The number of benzene rings is 1. The second-order valence-electron chi connectivity index (χ2n) is 5.78. The highest BCUT2D eigenvalue weighted by Gasteiger charge is 2.51. The molecular formula is C16H23BrFNO. The first-order valence-electron chi connectivity index (χ1n) is 7.36. The summed E-state index contributed by atoms with van der Waals surface area (Å²) in [7, 11) is 0. The third kappa shape index (κ3) is 3.01. The van der Waals surface area contributed by atoms with E-state index >= 15 is 0 Å².